The number of hydrogen-bond donors (Lipinski definition) is 5. The first kappa shape index (κ1) is 37.9. The lowest BCUT2D eigenvalue weighted by Gasteiger charge is -2.46. The highest BCUT2D eigenvalue weighted by Crippen LogP contribution is 2.50. The van der Waals surface area contributed by atoms with Crippen LogP contribution in [0.5, 0.6) is 5.75 Å². The minimum atomic E-state index is -1.78. The van der Waals surface area contributed by atoms with Crippen molar-refractivity contribution < 1.29 is 48.8 Å². The molecule has 5 N–H and O–H groups in total. The van der Waals surface area contributed by atoms with Crippen molar-refractivity contribution in [3.8, 4) is 5.75 Å². The number of phenolic OH excluding ortho intramolecular Hbond substituents is 1. The number of aliphatic hydroxyl groups is 3. The number of amides is 2. The van der Waals surface area contributed by atoms with Crippen LogP contribution in [0.3, 0.4) is 0 Å². The molecule has 2 amide bonds. The Morgan fingerprint density at radius 2 is 1.79 bits per heavy atom. The van der Waals surface area contributed by atoms with Crippen molar-refractivity contribution in [2.45, 2.75) is 111 Å². The van der Waals surface area contributed by atoms with E-state index in [1.807, 2.05) is 6.07 Å². The number of likely N-dealkylation sites (tertiary alicyclic amines) is 1. The third-order valence-electron chi connectivity index (χ3n) is 11.0. The van der Waals surface area contributed by atoms with E-state index in [1.165, 1.54) is 37.4 Å². The molecule has 0 bridgehead atoms. The molecule has 52 heavy (non-hydrogen) atoms. The SMILES string of the molecule is COC(=O)[C@@]1(Sc2ccccc2)CC(O)[C@@H]2C(O1)[C@H](O)C([C@H](O)CNC(=O)c1cc(C)c(O)c(C)c1)[N+]2(C)C(=O)Cn1cc(C2CCCCC2)nn1. The summed E-state index contributed by atoms with van der Waals surface area (Å²) in [5.41, 5.74) is 2.07. The number of likely N-dealkylation sites (N-methyl/N-ethyl adjacent to an activating group) is 1. The monoisotopic (exact) mass is 738 g/mol. The highest BCUT2D eigenvalue weighted by atomic mass is 32.2. The van der Waals surface area contributed by atoms with Crippen molar-refractivity contribution >= 4 is 29.5 Å². The number of aryl methyl sites for hydroxylation is 2. The lowest BCUT2D eigenvalue weighted by molar-refractivity contribution is -0.883. The van der Waals surface area contributed by atoms with Gasteiger partial charge in [-0.25, -0.2) is 18.8 Å². The van der Waals surface area contributed by atoms with E-state index in [1.54, 1.807) is 44.3 Å². The van der Waals surface area contributed by atoms with E-state index in [-0.39, 0.29) is 36.7 Å². The summed E-state index contributed by atoms with van der Waals surface area (Å²) in [5, 5.41) is 57.2. The number of quaternary nitrogens is 1. The second-order valence-corrected chi connectivity index (χ2v) is 15.8. The van der Waals surface area contributed by atoms with Crippen LogP contribution >= 0.6 is 11.8 Å². The van der Waals surface area contributed by atoms with E-state index in [9.17, 15) is 34.8 Å². The van der Waals surface area contributed by atoms with E-state index in [0.717, 1.165) is 43.1 Å². The third-order valence-corrected chi connectivity index (χ3v) is 12.3. The zero-order chi connectivity index (χ0) is 37.4. The summed E-state index contributed by atoms with van der Waals surface area (Å²) < 4.78 is 12.4. The quantitative estimate of drug-likeness (QED) is 0.151. The van der Waals surface area contributed by atoms with Crippen molar-refractivity contribution in [3.05, 3.63) is 71.0 Å². The van der Waals surface area contributed by atoms with Crippen molar-refractivity contribution in [2.75, 3.05) is 20.7 Å². The minimum Gasteiger partial charge on any atom is -0.507 e. The van der Waals surface area contributed by atoms with Gasteiger partial charge in [0.25, 0.3) is 5.91 Å². The van der Waals surface area contributed by atoms with Crippen LogP contribution in [0, 0.1) is 13.8 Å². The van der Waals surface area contributed by atoms with Crippen LogP contribution in [0.4, 0.5) is 0 Å². The van der Waals surface area contributed by atoms with Crippen LogP contribution in [0.15, 0.2) is 53.6 Å². The average molecular weight is 739 g/mol. The molecular weight excluding hydrogens is 690 g/mol. The maximum atomic E-state index is 14.6. The van der Waals surface area contributed by atoms with Gasteiger partial charge in [0.05, 0.1) is 19.9 Å². The number of carbonyl (C=O) groups excluding carboxylic acids is 3. The van der Waals surface area contributed by atoms with Crippen molar-refractivity contribution in [1.82, 2.24) is 20.3 Å². The Balaban J connectivity index is 1.32. The Morgan fingerprint density at radius 3 is 2.44 bits per heavy atom. The molecule has 4 unspecified atom stereocenters. The first-order chi connectivity index (χ1) is 24.8. The molecule has 2 aromatic carbocycles. The molecule has 3 aromatic rings. The van der Waals surface area contributed by atoms with Crippen LogP contribution in [0.2, 0.25) is 0 Å². The summed E-state index contributed by atoms with van der Waals surface area (Å²) in [6, 6.07) is 9.57. The van der Waals surface area contributed by atoms with Crippen LogP contribution in [-0.2, 0) is 25.6 Å². The number of aliphatic hydroxyl groups excluding tert-OH is 3. The minimum absolute atomic E-state index is 0.0742. The van der Waals surface area contributed by atoms with Gasteiger partial charge in [0.15, 0.2) is 18.6 Å². The second kappa shape index (κ2) is 15.2. The van der Waals surface area contributed by atoms with Gasteiger partial charge in [-0.2, -0.15) is 0 Å². The van der Waals surface area contributed by atoms with Gasteiger partial charge in [-0.1, -0.05) is 54.4 Å². The van der Waals surface area contributed by atoms with Crippen molar-refractivity contribution in [2.24, 2.45) is 0 Å². The number of nitrogens with zero attached hydrogens (tertiary/aromatic N) is 4. The van der Waals surface area contributed by atoms with Crippen LogP contribution < -0.4 is 5.32 Å². The molecule has 3 heterocycles. The Bertz CT molecular complexity index is 1760. The molecule has 1 aliphatic carbocycles. The van der Waals surface area contributed by atoms with Crippen LogP contribution in [-0.4, -0.2) is 120 Å². The molecule has 0 radical (unpaired) electrons. The summed E-state index contributed by atoms with van der Waals surface area (Å²) in [5.74, 6) is -1.48. The van der Waals surface area contributed by atoms with E-state index < -0.39 is 63.7 Å². The highest BCUT2D eigenvalue weighted by Gasteiger charge is 2.71. The molecule has 15 heteroatoms. The van der Waals surface area contributed by atoms with Gasteiger partial charge in [-0.15, -0.1) is 5.10 Å². The molecule has 3 aliphatic rings. The molecule has 6 rings (SSSR count). The Kier molecular flexibility index (Phi) is 11.1. The molecular formula is C37H48N5O9S+. The molecule has 1 saturated carbocycles. The molecule has 280 valence electrons. The number of methoxy groups -OCH3 is 1. The number of fused-ring (bicyclic) bond motifs is 1. The standard InChI is InChI=1S/C37H47N5O9S/c1-21-15-24(16-22(2)32(21)46)35(48)38-18-28(44)30-33(47)34-31(27(43)17-37(51-34,36(49)50-4)52-25-13-9-6-10-14-25)42(30,3)29(45)20-41-19-26(39-40-41)23-11-7-5-8-12-23/h6,9-10,13-16,19,23,27-28,30-31,33-34,43-44,47H,5,7-8,11-12,17-18,20H2,1-4H3,(H-,38,46,48)/p+1/t27?,28-,30?,31-,33-,34?,37+,42?/m1/s1. The normalized spacial score (nSPS) is 29.6. The first-order valence-corrected chi connectivity index (χ1v) is 18.5. The molecule has 2 aliphatic heterocycles. The molecule has 14 nitrogen and oxygen atoms in total. The fourth-order valence-electron chi connectivity index (χ4n) is 8.36. The number of rotatable bonds is 10. The van der Waals surface area contributed by atoms with Crippen molar-refractivity contribution in [1.29, 1.82) is 0 Å². The number of hydrogen-bond acceptors (Lipinski definition) is 12. The summed E-state index contributed by atoms with van der Waals surface area (Å²) >= 11 is 1.03. The summed E-state index contributed by atoms with van der Waals surface area (Å²) in [7, 11) is 2.73. The average Bonchev–Trinajstić information content (AvgIpc) is 3.69. The van der Waals surface area contributed by atoms with E-state index in [4.69, 9.17) is 9.47 Å². The smallest absolute Gasteiger partial charge is 0.349 e. The highest BCUT2D eigenvalue weighted by molar-refractivity contribution is 8.01. The first-order valence-electron chi connectivity index (χ1n) is 17.7. The van der Waals surface area contributed by atoms with E-state index in [0.29, 0.717) is 16.0 Å². The number of phenols is 1. The zero-order valence-electron chi connectivity index (χ0n) is 29.8. The summed E-state index contributed by atoms with van der Waals surface area (Å²) in [6.07, 6.45) is 1.06. The van der Waals surface area contributed by atoms with E-state index >= 15 is 0 Å². The molecule has 2 saturated heterocycles. The lowest BCUT2D eigenvalue weighted by Crippen LogP contribution is -2.69. The Morgan fingerprint density at radius 1 is 1.12 bits per heavy atom. The maximum Gasteiger partial charge on any atom is 0.349 e. The van der Waals surface area contributed by atoms with Crippen molar-refractivity contribution in [3.63, 3.8) is 0 Å². The number of esters is 1. The predicted molar refractivity (Wildman–Crippen MR) is 189 cm³/mol. The molecule has 0 spiro atoms. The van der Waals surface area contributed by atoms with Crippen LogP contribution in [0.1, 0.15) is 71.6 Å². The van der Waals surface area contributed by atoms with Crippen LogP contribution in [0.25, 0.3) is 0 Å². The molecule has 8 atom stereocenters. The van der Waals surface area contributed by atoms with Gasteiger partial charge in [-0.3, -0.25) is 4.79 Å². The number of nitrogens with one attached hydrogen (secondary N) is 1. The number of benzene rings is 2. The number of carbonyl (C=O) groups is 3. The van der Waals surface area contributed by atoms with Gasteiger partial charge >= 0.3 is 11.9 Å². The maximum absolute atomic E-state index is 14.6. The largest absolute Gasteiger partial charge is 0.507 e. The fraction of sp³-hybridized carbons (Fsp3) is 0.541. The summed E-state index contributed by atoms with van der Waals surface area (Å²) in [4.78, 5) is 40.1. The third kappa shape index (κ3) is 7.09. The fourth-order valence-corrected chi connectivity index (χ4v) is 9.62. The topological polar surface area (TPSA) is 193 Å². The predicted octanol–water partition coefficient (Wildman–Crippen LogP) is 2.34. The van der Waals surface area contributed by atoms with Gasteiger partial charge < -0.3 is 35.2 Å². The second-order valence-electron chi connectivity index (χ2n) is 14.4. The van der Waals surface area contributed by atoms with Gasteiger partial charge in [0.2, 0.25) is 4.93 Å². The van der Waals surface area contributed by atoms with Gasteiger partial charge in [-0.05, 0) is 62.1 Å². The zero-order valence-corrected chi connectivity index (χ0v) is 30.7. The molecule has 3 fully saturated rings. The number of ether oxygens (including phenoxy) is 2. The van der Waals surface area contributed by atoms with Gasteiger partial charge in [0, 0.05) is 35.5 Å². The molecule has 1 aromatic heterocycles. The number of aromatic hydroxyl groups is 1. The lowest BCUT2D eigenvalue weighted by atomic mass is 9.87. The summed E-state index contributed by atoms with van der Waals surface area (Å²) in [6.45, 7) is 2.69. The van der Waals surface area contributed by atoms with E-state index in [2.05, 4.69) is 15.6 Å². The Hall–Kier alpha value is -3.86. The Labute approximate surface area is 306 Å². The van der Waals surface area contributed by atoms with Gasteiger partial charge in [0.1, 0.15) is 30.2 Å². The number of aromatic nitrogens is 3. The number of thioether (sulfide) groups is 1.